The van der Waals surface area contributed by atoms with Crippen molar-refractivity contribution in [2.75, 3.05) is 18.4 Å². The fourth-order valence-electron chi connectivity index (χ4n) is 4.95. The number of benzene rings is 1. The minimum atomic E-state index is -4.84. The monoisotopic (exact) mass is 531 g/mol. The lowest BCUT2D eigenvalue weighted by molar-refractivity contribution is -0.206. The van der Waals surface area contributed by atoms with Crippen LogP contribution in [-0.2, 0) is 15.0 Å². The van der Waals surface area contributed by atoms with Crippen molar-refractivity contribution in [2.24, 2.45) is 0 Å². The number of rotatable bonds is 2. The van der Waals surface area contributed by atoms with E-state index in [0.29, 0.717) is 37.0 Å². The largest absolute Gasteiger partial charge is 0.444 e. The Hall–Kier alpha value is -3.83. The summed E-state index contributed by atoms with van der Waals surface area (Å²) in [6.45, 7) is 8.34. The molecule has 0 unspecified atom stereocenters. The van der Waals surface area contributed by atoms with Gasteiger partial charge in [0.05, 0.1) is 16.6 Å². The number of fused-ring (bicyclic) bond motifs is 2. The van der Waals surface area contributed by atoms with Gasteiger partial charge in [0.15, 0.2) is 0 Å². The first-order valence-electron chi connectivity index (χ1n) is 12.3. The molecule has 1 N–H and O–H groups in total. The summed E-state index contributed by atoms with van der Waals surface area (Å²) in [6, 6.07) is 8.74. The molecule has 4 heterocycles. The first-order chi connectivity index (χ1) is 17.8. The van der Waals surface area contributed by atoms with Gasteiger partial charge in [-0.1, -0.05) is 18.2 Å². The SMILES string of the molecule is CC(C)(C)OC(=O)N1CCC(C)(n2nc(-c3ccnc4c3[C@H](C(F)(F)F)OC(=O)N4)c3ccccc32)CC1. The van der Waals surface area contributed by atoms with Gasteiger partial charge in [0.25, 0.3) is 0 Å². The van der Waals surface area contributed by atoms with Gasteiger partial charge in [-0.3, -0.25) is 10.00 Å². The lowest BCUT2D eigenvalue weighted by atomic mass is 9.89. The Bertz CT molecular complexity index is 1400. The van der Waals surface area contributed by atoms with Crippen LogP contribution < -0.4 is 5.32 Å². The van der Waals surface area contributed by atoms with E-state index in [0.717, 1.165) is 5.52 Å². The van der Waals surface area contributed by atoms with Crippen molar-refractivity contribution in [1.82, 2.24) is 19.7 Å². The predicted octanol–water partition coefficient (Wildman–Crippen LogP) is 6.01. The maximum atomic E-state index is 14.0. The number of nitrogens with one attached hydrogen (secondary N) is 1. The first kappa shape index (κ1) is 25.8. The highest BCUT2D eigenvalue weighted by Gasteiger charge is 2.49. The van der Waals surface area contributed by atoms with E-state index in [-0.39, 0.29) is 23.0 Å². The number of para-hydroxylation sites is 1. The first-order valence-corrected chi connectivity index (χ1v) is 12.3. The Labute approximate surface area is 216 Å². The molecule has 1 saturated heterocycles. The number of hydrogen-bond donors (Lipinski definition) is 1. The third kappa shape index (κ3) is 4.63. The van der Waals surface area contributed by atoms with Crippen LogP contribution in [0, 0.1) is 0 Å². The second-order valence-electron chi connectivity index (χ2n) is 10.8. The molecule has 202 valence electrons. The molecule has 1 aromatic carbocycles. The van der Waals surface area contributed by atoms with Gasteiger partial charge in [0.2, 0.25) is 6.10 Å². The van der Waals surface area contributed by atoms with Gasteiger partial charge in [-0.05, 0) is 52.7 Å². The molecule has 2 aromatic heterocycles. The van der Waals surface area contributed by atoms with Crippen LogP contribution >= 0.6 is 0 Å². The highest BCUT2D eigenvalue weighted by atomic mass is 19.4. The Balaban J connectivity index is 1.56. The summed E-state index contributed by atoms with van der Waals surface area (Å²) in [5, 5.41) is 7.77. The molecular weight excluding hydrogens is 503 g/mol. The molecule has 3 aromatic rings. The topological polar surface area (TPSA) is 98.6 Å². The Morgan fingerprint density at radius 1 is 1.16 bits per heavy atom. The number of ether oxygens (including phenoxy) is 2. The van der Waals surface area contributed by atoms with E-state index in [1.54, 1.807) is 17.0 Å². The van der Waals surface area contributed by atoms with Crippen molar-refractivity contribution in [2.45, 2.75) is 64.0 Å². The van der Waals surface area contributed by atoms with E-state index in [4.69, 9.17) is 9.84 Å². The normalized spacial score (nSPS) is 19.5. The summed E-state index contributed by atoms with van der Waals surface area (Å²) in [6.07, 6.45) is -6.46. The molecule has 2 aliphatic rings. The van der Waals surface area contributed by atoms with E-state index in [2.05, 4.69) is 15.0 Å². The van der Waals surface area contributed by atoms with Gasteiger partial charge >= 0.3 is 18.4 Å². The molecule has 0 saturated carbocycles. The molecule has 0 spiro atoms. The van der Waals surface area contributed by atoms with Crippen molar-refractivity contribution in [1.29, 1.82) is 0 Å². The number of carbonyl (C=O) groups is 2. The summed E-state index contributed by atoms with van der Waals surface area (Å²) < 4.78 is 53.9. The zero-order valence-corrected chi connectivity index (χ0v) is 21.4. The van der Waals surface area contributed by atoms with E-state index in [1.807, 2.05) is 44.5 Å². The van der Waals surface area contributed by atoms with Crippen LogP contribution in [0.3, 0.4) is 0 Å². The fraction of sp³-hybridized carbons (Fsp3) is 0.462. The predicted molar refractivity (Wildman–Crippen MR) is 133 cm³/mol. The van der Waals surface area contributed by atoms with Gasteiger partial charge in [-0.25, -0.2) is 14.6 Å². The molecule has 0 bridgehead atoms. The minimum absolute atomic E-state index is 0.169. The third-order valence-electron chi connectivity index (χ3n) is 6.84. The average Bonchev–Trinajstić information content (AvgIpc) is 3.22. The fourth-order valence-corrected chi connectivity index (χ4v) is 4.95. The number of piperidine rings is 1. The average molecular weight is 532 g/mol. The van der Waals surface area contributed by atoms with Gasteiger partial charge in [-0.2, -0.15) is 18.3 Å². The van der Waals surface area contributed by atoms with E-state index in [1.165, 1.54) is 12.3 Å². The van der Waals surface area contributed by atoms with Crippen molar-refractivity contribution in [3.05, 3.63) is 42.1 Å². The summed E-state index contributed by atoms with van der Waals surface area (Å²) in [7, 11) is 0. The van der Waals surface area contributed by atoms with Crippen LogP contribution in [0.2, 0.25) is 0 Å². The maximum absolute atomic E-state index is 14.0. The van der Waals surface area contributed by atoms with Crippen LogP contribution in [0.5, 0.6) is 0 Å². The quantitative estimate of drug-likeness (QED) is 0.435. The van der Waals surface area contributed by atoms with Gasteiger partial charge in [-0.15, -0.1) is 0 Å². The molecule has 2 aliphatic heterocycles. The molecule has 2 amide bonds. The molecule has 12 heteroatoms. The number of carbonyl (C=O) groups excluding carboxylic acids is 2. The molecule has 0 radical (unpaired) electrons. The molecule has 9 nitrogen and oxygen atoms in total. The lowest BCUT2D eigenvalue weighted by Gasteiger charge is -2.40. The number of pyridine rings is 1. The summed E-state index contributed by atoms with van der Waals surface area (Å²) >= 11 is 0. The second-order valence-corrected chi connectivity index (χ2v) is 10.8. The van der Waals surface area contributed by atoms with Crippen LogP contribution in [0.4, 0.5) is 28.6 Å². The van der Waals surface area contributed by atoms with E-state index < -0.39 is 29.5 Å². The summed E-state index contributed by atoms with van der Waals surface area (Å²) in [4.78, 5) is 30.0. The maximum Gasteiger partial charge on any atom is 0.430 e. The van der Waals surface area contributed by atoms with Crippen molar-refractivity contribution in [3.8, 4) is 11.3 Å². The molecule has 0 aliphatic carbocycles. The Morgan fingerprint density at radius 2 is 1.84 bits per heavy atom. The smallest absolute Gasteiger partial charge is 0.430 e. The highest BCUT2D eigenvalue weighted by molar-refractivity contribution is 5.97. The van der Waals surface area contributed by atoms with E-state index >= 15 is 0 Å². The Kier molecular flexibility index (Phi) is 6.03. The lowest BCUT2D eigenvalue weighted by Crippen LogP contribution is -2.48. The molecular formula is C26H28F3N5O4. The van der Waals surface area contributed by atoms with Crippen molar-refractivity contribution < 1.29 is 32.2 Å². The third-order valence-corrected chi connectivity index (χ3v) is 6.84. The van der Waals surface area contributed by atoms with Gasteiger partial charge in [0, 0.05) is 30.2 Å². The number of hydrogen-bond acceptors (Lipinski definition) is 6. The zero-order valence-electron chi connectivity index (χ0n) is 21.4. The van der Waals surface area contributed by atoms with Crippen LogP contribution in [0.15, 0.2) is 36.5 Å². The van der Waals surface area contributed by atoms with Crippen molar-refractivity contribution in [3.63, 3.8) is 0 Å². The Morgan fingerprint density at radius 3 is 2.50 bits per heavy atom. The highest BCUT2D eigenvalue weighted by Crippen LogP contribution is 2.47. The second kappa shape index (κ2) is 8.88. The number of amides is 2. The molecule has 5 rings (SSSR count). The number of likely N-dealkylation sites (tertiary alicyclic amines) is 1. The number of aromatic nitrogens is 3. The summed E-state index contributed by atoms with van der Waals surface area (Å²) in [5.41, 5.74) is -0.180. The van der Waals surface area contributed by atoms with Crippen LogP contribution in [0.1, 0.15) is 52.2 Å². The zero-order chi connectivity index (χ0) is 27.5. The number of anilines is 1. The van der Waals surface area contributed by atoms with Crippen LogP contribution in [-0.4, -0.2) is 56.7 Å². The number of cyclic esters (lactones) is 1. The van der Waals surface area contributed by atoms with E-state index in [9.17, 15) is 22.8 Å². The number of halogens is 3. The molecule has 1 atom stereocenters. The van der Waals surface area contributed by atoms with Gasteiger partial charge in [0.1, 0.15) is 17.1 Å². The van der Waals surface area contributed by atoms with Crippen LogP contribution in [0.25, 0.3) is 22.2 Å². The minimum Gasteiger partial charge on any atom is -0.444 e. The number of alkyl halides is 3. The standard InChI is InChI=1S/C26H28F3N5O4/c1-24(2,3)38-23(36)33-13-10-25(4,11-14-33)34-17-8-6-5-7-15(17)19(32-34)16-9-12-30-21-18(16)20(26(27,28)29)37-22(35)31-21/h5-9,12,20H,10-11,13-14H2,1-4H3,(H,30,31,35)/t20-/m1/s1. The van der Waals surface area contributed by atoms with Crippen molar-refractivity contribution >= 4 is 28.9 Å². The van der Waals surface area contributed by atoms with Gasteiger partial charge < -0.3 is 14.4 Å². The molecule has 38 heavy (non-hydrogen) atoms. The molecule has 1 fully saturated rings. The summed E-state index contributed by atoms with van der Waals surface area (Å²) in [5.74, 6) is -0.211. The number of nitrogens with zero attached hydrogens (tertiary/aromatic N) is 4.